The van der Waals surface area contributed by atoms with Crippen LogP contribution in [0.2, 0.25) is 0 Å². The van der Waals surface area contributed by atoms with Crippen molar-refractivity contribution in [2.24, 2.45) is 0 Å². The van der Waals surface area contributed by atoms with Crippen LogP contribution in [0.3, 0.4) is 0 Å². The second kappa shape index (κ2) is 8.18. The van der Waals surface area contributed by atoms with Gasteiger partial charge in [0.1, 0.15) is 11.6 Å². The van der Waals surface area contributed by atoms with Gasteiger partial charge in [0, 0.05) is 29.0 Å². The first-order valence-corrected chi connectivity index (χ1v) is 8.93. The summed E-state index contributed by atoms with van der Waals surface area (Å²) in [6.07, 6.45) is 0. The summed E-state index contributed by atoms with van der Waals surface area (Å²) in [6, 6.07) is 15.4. The number of para-hydroxylation sites is 1. The lowest BCUT2D eigenvalue weighted by molar-refractivity contribution is -0.384. The molecule has 0 radical (unpaired) electrons. The van der Waals surface area contributed by atoms with Crippen molar-refractivity contribution in [3.63, 3.8) is 0 Å². The van der Waals surface area contributed by atoms with Crippen LogP contribution in [0.4, 0.5) is 20.2 Å². The Balaban J connectivity index is 2.05. The van der Waals surface area contributed by atoms with Crippen LogP contribution in [-0.4, -0.2) is 17.9 Å². The Labute approximate surface area is 163 Å². The van der Waals surface area contributed by atoms with E-state index < -0.39 is 22.5 Å². The van der Waals surface area contributed by atoms with Crippen LogP contribution in [0.1, 0.15) is 10.4 Å². The summed E-state index contributed by atoms with van der Waals surface area (Å²) in [7, 11) is 1.37. The van der Waals surface area contributed by atoms with Gasteiger partial charge in [-0.2, -0.15) is 0 Å². The highest BCUT2D eigenvalue weighted by Crippen LogP contribution is 2.35. The predicted molar refractivity (Wildman–Crippen MR) is 103 cm³/mol. The van der Waals surface area contributed by atoms with Gasteiger partial charge in [-0.05, 0) is 30.3 Å². The second-order valence-corrected chi connectivity index (χ2v) is 6.87. The average molecular weight is 400 g/mol. The van der Waals surface area contributed by atoms with E-state index in [9.17, 15) is 23.7 Å². The molecule has 0 aliphatic rings. The van der Waals surface area contributed by atoms with Crippen molar-refractivity contribution in [3.8, 4) is 0 Å². The molecule has 0 saturated carbocycles. The fourth-order valence-corrected chi connectivity index (χ4v) is 3.49. The molecule has 3 aromatic rings. The van der Waals surface area contributed by atoms with Crippen LogP contribution >= 0.6 is 11.8 Å². The first-order valence-electron chi connectivity index (χ1n) is 8.12. The fraction of sp³-hybridized carbons (Fsp3) is 0.0500. The highest BCUT2D eigenvalue weighted by Gasteiger charge is 2.23. The summed E-state index contributed by atoms with van der Waals surface area (Å²) in [6.45, 7) is 0. The number of nitro benzene ring substituents is 1. The van der Waals surface area contributed by atoms with Gasteiger partial charge in [0.25, 0.3) is 11.6 Å². The maximum absolute atomic E-state index is 14.1. The zero-order valence-electron chi connectivity index (χ0n) is 14.6. The second-order valence-electron chi connectivity index (χ2n) is 5.79. The summed E-state index contributed by atoms with van der Waals surface area (Å²) < 4.78 is 28.1. The third kappa shape index (κ3) is 4.01. The molecule has 0 spiro atoms. The van der Waals surface area contributed by atoms with Crippen molar-refractivity contribution in [2.75, 3.05) is 11.9 Å². The number of carbonyl (C=O) groups is 1. The maximum Gasteiger partial charge on any atom is 0.270 e. The molecular formula is C20H14F2N2O3S. The minimum atomic E-state index is -0.646. The number of carbonyl (C=O) groups excluding carboxylic acids is 1. The zero-order chi connectivity index (χ0) is 20.3. The van der Waals surface area contributed by atoms with E-state index in [-0.39, 0.29) is 21.8 Å². The van der Waals surface area contributed by atoms with Crippen molar-refractivity contribution in [1.82, 2.24) is 0 Å². The Kier molecular flexibility index (Phi) is 5.70. The number of non-ortho nitro benzene ring substituents is 1. The molecular weight excluding hydrogens is 386 g/mol. The summed E-state index contributed by atoms with van der Waals surface area (Å²) in [4.78, 5) is 25.2. The lowest BCUT2D eigenvalue weighted by Crippen LogP contribution is -2.27. The average Bonchev–Trinajstić information content (AvgIpc) is 2.69. The highest BCUT2D eigenvalue weighted by molar-refractivity contribution is 7.99. The number of hydrogen-bond donors (Lipinski definition) is 0. The molecule has 1 amide bonds. The molecule has 28 heavy (non-hydrogen) atoms. The SMILES string of the molecule is CN(C(=O)c1cc([N+](=O)[O-])ccc1Sc1ccccc1F)c1ccccc1F. The Hall–Kier alpha value is -3.26. The van der Waals surface area contributed by atoms with Crippen LogP contribution in [0.25, 0.3) is 0 Å². The highest BCUT2D eigenvalue weighted by atomic mass is 32.2. The number of halogens is 2. The van der Waals surface area contributed by atoms with E-state index in [4.69, 9.17) is 0 Å². The zero-order valence-corrected chi connectivity index (χ0v) is 15.5. The summed E-state index contributed by atoms with van der Waals surface area (Å²) in [5.74, 6) is -1.73. The minimum Gasteiger partial charge on any atom is -0.309 e. The van der Waals surface area contributed by atoms with Gasteiger partial charge in [-0.25, -0.2) is 8.78 Å². The van der Waals surface area contributed by atoms with Gasteiger partial charge in [-0.1, -0.05) is 36.0 Å². The smallest absolute Gasteiger partial charge is 0.270 e. The van der Waals surface area contributed by atoms with Gasteiger partial charge in [-0.15, -0.1) is 0 Å². The minimum absolute atomic E-state index is 0.0202. The van der Waals surface area contributed by atoms with Crippen molar-refractivity contribution in [1.29, 1.82) is 0 Å². The topological polar surface area (TPSA) is 63.5 Å². The first-order chi connectivity index (χ1) is 13.4. The van der Waals surface area contributed by atoms with Gasteiger partial charge in [-0.3, -0.25) is 14.9 Å². The fourth-order valence-electron chi connectivity index (χ4n) is 2.55. The van der Waals surface area contributed by atoms with Gasteiger partial charge in [0.05, 0.1) is 16.2 Å². The Morgan fingerprint density at radius 3 is 2.25 bits per heavy atom. The molecule has 0 atom stereocenters. The van der Waals surface area contributed by atoms with E-state index in [1.54, 1.807) is 12.1 Å². The molecule has 142 valence electrons. The quantitative estimate of drug-likeness (QED) is 0.431. The maximum atomic E-state index is 14.1. The number of hydrogen-bond acceptors (Lipinski definition) is 4. The van der Waals surface area contributed by atoms with Crippen molar-refractivity contribution in [2.45, 2.75) is 9.79 Å². The summed E-state index contributed by atoms with van der Waals surface area (Å²) >= 11 is 0.968. The molecule has 0 fully saturated rings. The normalized spacial score (nSPS) is 10.5. The van der Waals surface area contributed by atoms with Crippen LogP contribution in [0.5, 0.6) is 0 Å². The summed E-state index contributed by atoms with van der Waals surface area (Å²) in [5.41, 5.74) is -0.280. The Morgan fingerprint density at radius 2 is 1.61 bits per heavy atom. The molecule has 0 saturated heterocycles. The van der Waals surface area contributed by atoms with E-state index in [0.29, 0.717) is 4.90 Å². The number of anilines is 1. The molecule has 5 nitrogen and oxygen atoms in total. The predicted octanol–water partition coefficient (Wildman–Crippen LogP) is 5.30. The molecule has 0 aliphatic heterocycles. The van der Waals surface area contributed by atoms with Gasteiger partial charge < -0.3 is 4.90 Å². The Morgan fingerprint density at radius 1 is 0.964 bits per heavy atom. The van der Waals surface area contributed by atoms with E-state index in [1.807, 2.05) is 0 Å². The third-order valence-electron chi connectivity index (χ3n) is 3.98. The van der Waals surface area contributed by atoms with Crippen LogP contribution < -0.4 is 4.90 Å². The van der Waals surface area contributed by atoms with Crippen molar-refractivity contribution >= 4 is 29.0 Å². The molecule has 0 bridgehead atoms. The standard InChI is InChI=1S/C20H14F2N2O3S/c1-23(17-8-4-2-6-15(17)21)20(25)14-12-13(24(26)27)10-11-18(14)28-19-9-5-3-7-16(19)22/h2-12H,1H3. The number of nitro groups is 1. The third-order valence-corrected chi connectivity index (χ3v) is 5.11. The van der Waals surface area contributed by atoms with Crippen LogP contribution in [0.15, 0.2) is 76.5 Å². The number of amides is 1. The molecule has 8 heteroatoms. The molecule has 0 aliphatic carbocycles. The van der Waals surface area contributed by atoms with E-state index in [1.165, 1.54) is 55.6 Å². The van der Waals surface area contributed by atoms with E-state index >= 15 is 0 Å². The van der Waals surface area contributed by atoms with Gasteiger partial charge >= 0.3 is 0 Å². The van der Waals surface area contributed by atoms with Gasteiger partial charge in [0.15, 0.2) is 0 Å². The van der Waals surface area contributed by atoms with Crippen LogP contribution in [0, 0.1) is 21.7 Å². The Bertz CT molecular complexity index is 1060. The monoisotopic (exact) mass is 400 g/mol. The first kappa shape index (κ1) is 19.5. The van der Waals surface area contributed by atoms with Gasteiger partial charge in [0.2, 0.25) is 0 Å². The molecule has 0 N–H and O–H groups in total. The van der Waals surface area contributed by atoms with E-state index in [0.717, 1.165) is 22.7 Å². The molecule has 0 unspecified atom stereocenters. The van der Waals surface area contributed by atoms with E-state index in [2.05, 4.69) is 0 Å². The van der Waals surface area contributed by atoms with Crippen molar-refractivity contribution < 1.29 is 18.5 Å². The molecule has 0 heterocycles. The molecule has 0 aromatic heterocycles. The molecule has 3 aromatic carbocycles. The number of benzene rings is 3. The molecule has 3 rings (SSSR count). The lowest BCUT2D eigenvalue weighted by Gasteiger charge is -2.19. The van der Waals surface area contributed by atoms with Crippen molar-refractivity contribution in [3.05, 3.63) is 94.0 Å². The van der Waals surface area contributed by atoms with Crippen LogP contribution in [-0.2, 0) is 0 Å². The largest absolute Gasteiger partial charge is 0.309 e. The number of nitrogens with zero attached hydrogens (tertiary/aromatic N) is 2. The number of rotatable bonds is 5. The lowest BCUT2D eigenvalue weighted by atomic mass is 10.1. The summed E-state index contributed by atoms with van der Waals surface area (Å²) in [5, 5.41) is 11.1.